The van der Waals surface area contributed by atoms with Crippen molar-refractivity contribution in [2.75, 3.05) is 7.11 Å². The van der Waals surface area contributed by atoms with Crippen LogP contribution in [-0.2, 0) is 14.3 Å². The Morgan fingerprint density at radius 2 is 1.92 bits per heavy atom. The van der Waals surface area contributed by atoms with Gasteiger partial charge in [-0.05, 0) is 25.2 Å². The number of carbonyl (C=O) groups is 1. The van der Waals surface area contributed by atoms with Gasteiger partial charge in [0.2, 0.25) is 0 Å². The van der Waals surface area contributed by atoms with Gasteiger partial charge in [0.25, 0.3) is 0 Å². The summed E-state index contributed by atoms with van der Waals surface area (Å²) < 4.78 is 10.6. The summed E-state index contributed by atoms with van der Waals surface area (Å²) in [6, 6.07) is 0. The number of aliphatic hydroxyl groups is 3. The van der Waals surface area contributed by atoms with E-state index in [-0.39, 0.29) is 24.4 Å². The van der Waals surface area contributed by atoms with E-state index in [2.05, 4.69) is 0 Å². The number of carbonyl (C=O) groups excluding carboxylic acids is 1. The van der Waals surface area contributed by atoms with E-state index in [1.165, 1.54) is 7.11 Å². The van der Waals surface area contributed by atoms with Gasteiger partial charge < -0.3 is 24.8 Å². The fourth-order valence-electron chi connectivity index (χ4n) is 3.28. The Balaban J connectivity index is 3.02. The van der Waals surface area contributed by atoms with Gasteiger partial charge in [-0.25, -0.2) is 0 Å². The Kier molecular flexibility index (Phi) is 10.1. The number of allylic oxidation sites excluding steroid dienone is 2. The van der Waals surface area contributed by atoms with E-state index in [1.807, 2.05) is 26.0 Å². The molecule has 0 saturated carbocycles. The summed E-state index contributed by atoms with van der Waals surface area (Å²) in [5.74, 6) is -0.760. The molecule has 6 heteroatoms. The van der Waals surface area contributed by atoms with Gasteiger partial charge in [0.15, 0.2) is 0 Å². The minimum Gasteiger partial charge on any atom is -0.462 e. The lowest BCUT2D eigenvalue weighted by Gasteiger charge is -2.33. The molecule has 1 heterocycles. The second kappa shape index (κ2) is 11.5. The second-order valence-corrected chi connectivity index (χ2v) is 7.18. The van der Waals surface area contributed by atoms with Gasteiger partial charge in [-0.2, -0.15) is 0 Å². The van der Waals surface area contributed by atoms with E-state index in [4.69, 9.17) is 9.47 Å². The van der Waals surface area contributed by atoms with Crippen molar-refractivity contribution in [1.82, 2.24) is 0 Å². The number of ether oxygens (including phenoxy) is 2. The minimum atomic E-state index is -1.16. The Morgan fingerprint density at radius 1 is 1.23 bits per heavy atom. The lowest BCUT2D eigenvalue weighted by atomic mass is 9.83. The smallest absolute Gasteiger partial charge is 0.308 e. The third-order valence-electron chi connectivity index (χ3n) is 4.98. The Bertz CT molecular complexity index is 475. The molecule has 0 bridgehead atoms. The zero-order valence-electron chi connectivity index (χ0n) is 16.2. The molecule has 6 nitrogen and oxygen atoms in total. The van der Waals surface area contributed by atoms with E-state index in [9.17, 15) is 20.1 Å². The topological polar surface area (TPSA) is 96.2 Å². The first kappa shape index (κ1) is 22.8. The fraction of sp³-hybridized carbons (Fsp3) is 0.750. The molecule has 26 heavy (non-hydrogen) atoms. The van der Waals surface area contributed by atoms with Crippen molar-refractivity contribution in [2.45, 2.75) is 77.0 Å². The lowest BCUT2D eigenvalue weighted by molar-refractivity contribution is -0.156. The molecule has 1 aliphatic rings. The molecular weight excluding hydrogens is 336 g/mol. The highest BCUT2D eigenvalue weighted by molar-refractivity contribution is 5.70. The van der Waals surface area contributed by atoms with Crippen LogP contribution in [-0.4, -0.2) is 58.9 Å². The van der Waals surface area contributed by atoms with Crippen molar-refractivity contribution in [2.24, 2.45) is 11.8 Å². The van der Waals surface area contributed by atoms with Gasteiger partial charge in [-0.1, -0.05) is 44.6 Å². The summed E-state index contributed by atoms with van der Waals surface area (Å²) in [7, 11) is 1.40. The molecule has 0 unspecified atom stereocenters. The van der Waals surface area contributed by atoms with Gasteiger partial charge >= 0.3 is 5.97 Å². The molecule has 0 aromatic rings. The standard InChI is InChI=1S/C20H34O6/c1-5-15-11-13(2)16(21)10-8-6-7-9-14(3)26-18(23)12-17(22)20(25-4)19(15)24/h6-8,10,13-17,19-22,24H,5,9,11-12H2,1-4H3/b7-6-,10-8-/t13-,14-,15+,16+,17-,19+,20+/m1/s1. The van der Waals surface area contributed by atoms with Gasteiger partial charge in [-0.15, -0.1) is 0 Å². The number of cyclic esters (lactones) is 1. The van der Waals surface area contributed by atoms with Crippen LogP contribution in [0.3, 0.4) is 0 Å². The predicted octanol–water partition coefficient (Wildman–Crippen LogP) is 1.97. The summed E-state index contributed by atoms with van der Waals surface area (Å²) >= 11 is 0. The van der Waals surface area contributed by atoms with Crippen LogP contribution in [0.4, 0.5) is 0 Å². The highest BCUT2D eigenvalue weighted by Gasteiger charge is 2.35. The minimum absolute atomic E-state index is 0.0642. The number of rotatable bonds is 2. The van der Waals surface area contributed by atoms with E-state index in [0.29, 0.717) is 19.3 Å². The predicted molar refractivity (Wildman–Crippen MR) is 99.4 cm³/mol. The summed E-state index contributed by atoms with van der Waals surface area (Å²) in [6.45, 7) is 5.64. The average molecular weight is 370 g/mol. The molecule has 7 atom stereocenters. The highest BCUT2D eigenvalue weighted by atomic mass is 16.5. The van der Waals surface area contributed by atoms with Crippen LogP contribution in [0.5, 0.6) is 0 Å². The van der Waals surface area contributed by atoms with Crippen molar-refractivity contribution in [1.29, 1.82) is 0 Å². The van der Waals surface area contributed by atoms with E-state index >= 15 is 0 Å². The highest BCUT2D eigenvalue weighted by Crippen LogP contribution is 2.26. The fourth-order valence-corrected chi connectivity index (χ4v) is 3.28. The first-order valence-electron chi connectivity index (χ1n) is 9.39. The molecule has 1 rings (SSSR count). The molecule has 0 aromatic heterocycles. The van der Waals surface area contributed by atoms with Crippen molar-refractivity contribution in [3.8, 4) is 0 Å². The molecule has 0 saturated heterocycles. The normalized spacial score (nSPS) is 40.6. The molecule has 3 N–H and O–H groups in total. The maximum Gasteiger partial charge on any atom is 0.308 e. The Morgan fingerprint density at radius 3 is 2.54 bits per heavy atom. The number of esters is 1. The van der Waals surface area contributed by atoms with E-state index in [0.717, 1.165) is 0 Å². The van der Waals surface area contributed by atoms with E-state index in [1.54, 1.807) is 19.1 Å². The zero-order chi connectivity index (χ0) is 19.7. The van der Waals surface area contributed by atoms with Crippen molar-refractivity contribution < 1.29 is 29.6 Å². The van der Waals surface area contributed by atoms with Crippen LogP contribution < -0.4 is 0 Å². The molecule has 0 spiro atoms. The van der Waals surface area contributed by atoms with Gasteiger partial charge in [-0.3, -0.25) is 4.79 Å². The van der Waals surface area contributed by atoms with Crippen LogP contribution in [0.2, 0.25) is 0 Å². The van der Waals surface area contributed by atoms with Gasteiger partial charge in [0, 0.05) is 13.5 Å². The maximum absolute atomic E-state index is 12.0. The van der Waals surface area contributed by atoms with Crippen LogP contribution in [0, 0.1) is 11.8 Å². The SMILES string of the molecule is CC[C@H]1C[C@@H](C)[C@@H](O)/C=C\C=C/C[C@@H](C)OC(=O)C[C@@H](O)[C@H](OC)[C@H]1O. The number of methoxy groups -OCH3 is 1. The van der Waals surface area contributed by atoms with Crippen LogP contribution in [0.1, 0.15) is 46.5 Å². The number of hydrogen-bond acceptors (Lipinski definition) is 6. The molecule has 150 valence electrons. The first-order chi connectivity index (χ1) is 12.3. The summed E-state index contributed by atoms with van der Waals surface area (Å²) in [5.41, 5.74) is 0. The van der Waals surface area contributed by atoms with E-state index < -0.39 is 30.4 Å². The molecule has 0 radical (unpaired) electrons. The number of hydrogen-bond donors (Lipinski definition) is 3. The number of aliphatic hydroxyl groups excluding tert-OH is 3. The maximum atomic E-state index is 12.0. The summed E-state index contributed by atoms with van der Waals surface area (Å²) in [5, 5.41) is 31.4. The summed E-state index contributed by atoms with van der Waals surface area (Å²) in [6.07, 6.45) is 4.74. The van der Waals surface area contributed by atoms with Crippen molar-refractivity contribution in [3.63, 3.8) is 0 Å². The van der Waals surface area contributed by atoms with Crippen LogP contribution in [0.15, 0.2) is 24.3 Å². The Hall–Kier alpha value is -1.21. The molecule has 1 aliphatic heterocycles. The Labute approximate surface area is 156 Å². The molecular formula is C20H34O6. The van der Waals surface area contributed by atoms with Crippen LogP contribution in [0.25, 0.3) is 0 Å². The first-order valence-corrected chi connectivity index (χ1v) is 9.39. The molecule has 0 aliphatic carbocycles. The summed E-state index contributed by atoms with van der Waals surface area (Å²) in [4.78, 5) is 12.0. The third-order valence-corrected chi connectivity index (χ3v) is 4.98. The van der Waals surface area contributed by atoms with Crippen molar-refractivity contribution >= 4 is 5.97 Å². The third kappa shape index (κ3) is 7.19. The van der Waals surface area contributed by atoms with Crippen LogP contribution >= 0.6 is 0 Å². The quantitative estimate of drug-likeness (QED) is 0.643. The van der Waals surface area contributed by atoms with Gasteiger partial charge in [0.05, 0.1) is 24.7 Å². The molecule has 0 amide bonds. The largest absolute Gasteiger partial charge is 0.462 e. The zero-order valence-corrected chi connectivity index (χ0v) is 16.2. The van der Waals surface area contributed by atoms with Crippen molar-refractivity contribution in [3.05, 3.63) is 24.3 Å². The lowest BCUT2D eigenvalue weighted by Crippen LogP contribution is -2.45. The van der Waals surface area contributed by atoms with Gasteiger partial charge in [0.1, 0.15) is 12.2 Å². The molecule has 0 fully saturated rings. The monoisotopic (exact) mass is 370 g/mol. The second-order valence-electron chi connectivity index (χ2n) is 7.18. The average Bonchev–Trinajstić information content (AvgIpc) is 2.58. The molecule has 0 aromatic carbocycles.